The maximum Gasteiger partial charge on any atom is 0.164 e. The predicted octanol–water partition coefficient (Wildman–Crippen LogP) is 3.68. The number of aromatic nitrogens is 3. The summed E-state index contributed by atoms with van der Waals surface area (Å²) in [5, 5.41) is 4.33. The fourth-order valence-corrected chi connectivity index (χ4v) is 2.78. The van der Waals surface area contributed by atoms with Gasteiger partial charge in [0, 0.05) is 11.9 Å². The molecule has 4 nitrogen and oxygen atoms in total. The molecule has 0 aliphatic heterocycles. The second-order valence-corrected chi connectivity index (χ2v) is 5.06. The maximum absolute atomic E-state index is 4.33. The second-order valence-electron chi connectivity index (χ2n) is 5.06. The molecule has 1 aliphatic carbocycles. The Bertz CT molecular complexity index is 783. The van der Waals surface area contributed by atoms with Crippen molar-refractivity contribution < 1.29 is 0 Å². The van der Waals surface area contributed by atoms with Crippen LogP contribution >= 0.6 is 12.4 Å². The molecule has 0 saturated heterocycles. The van der Waals surface area contributed by atoms with E-state index in [-0.39, 0.29) is 12.4 Å². The molecule has 3 aromatic rings. The van der Waals surface area contributed by atoms with Gasteiger partial charge < -0.3 is 5.32 Å². The van der Waals surface area contributed by atoms with E-state index in [2.05, 4.69) is 38.5 Å². The van der Waals surface area contributed by atoms with Crippen molar-refractivity contribution in [2.24, 2.45) is 0 Å². The fourth-order valence-electron chi connectivity index (χ4n) is 2.78. The second kappa shape index (κ2) is 5.66. The number of hydrogen-bond acceptors (Lipinski definition) is 4. The highest BCUT2D eigenvalue weighted by Gasteiger charge is 2.11. The van der Waals surface area contributed by atoms with Gasteiger partial charge in [-0.2, -0.15) is 0 Å². The lowest BCUT2D eigenvalue weighted by atomic mass is 10.1. The minimum Gasteiger partial charge on any atom is -0.340 e. The zero-order chi connectivity index (χ0) is 13.4. The molecule has 4 rings (SSSR count). The third kappa shape index (κ3) is 2.54. The van der Waals surface area contributed by atoms with Crippen LogP contribution in [0.15, 0.2) is 42.9 Å². The molecule has 1 aromatic carbocycles. The number of anilines is 2. The maximum atomic E-state index is 4.33. The van der Waals surface area contributed by atoms with E-state index in [1.165, 1.54) is 30.4 Å². The van der Waals surface area contributed by atoms with Crippen molar-refractivity contribution in [3.05, 3.63) is 54.0 Å². The van der Waals surface area contributed by atoms with E-state index in [0.29, 0.717) is 5.65 Å². The monoisotopic (exact) mass is 298 g/mol. The Morgan fingerprint density at radius 1 is 0.952 bits per heavy atom. The number of nitrogens with zero attached hydrogens (tertiary/aromatic N) is 3. The van der Waals surface area contributed by atoms with Crippen molar-refractivity contribution in [1.29, 1.82) is 0 Å². The highest BCUT2D eigenvalue weighted by atomic mass is 35.5. The molecule has 106 valence electrons. The first kappa shape index (κ1) is 13.8. The van der Waals surface area contributed by atoms with E-state index in [0.717, 1.165) is 16.9 Å². The standard InChI is InChI=1S/C16H14N4.ClH/c1-3-11-6-7-13(9-12(11)4-1)20-16-14-5-2-8-17-15(14)18-10-19-16;/h2,5-10H,1,3-4H2,(H,17,18,19,20);1H. The molecule has 0 fully saturated rings. The molecule has 5 heteroatoms. The number of halogens is 1. The van der Waals surface area contributed by atoms with Gasteiger partial charge in [0.25, 0.3) is 0 Å². The van der Waals surface area contributed by atoms with Gasteiger partial charge in [0.2, 0.25) is 0 Å². The normalized spacial score (nSPS) is 12.8. The number of nitrogens with one attached hydrogen (secondary N) is 1. The van der Waals surface area contributed by atoms with Crippen molar-refractivity contribution in [3.63, 3.8) is 0 Å². The van der Waals surface area contributed by atoms with E-state index in [4.69, 9.17) is 0 Å². The van der Waals surface area contributed by atoms with E-state index < -0.39 is 0 Å². The van der Waals surface area contributed by atoms with Crippen LogP contribution in [0.4, 0.5) is 11.5 Å². The van der Waals surface area contributed by atoms with Crippen LogP contribution in [0.1, 0.15) is 17.5 Å². The number of rotatable bonds is 2. The van der Waals surface area contributed by atoms with Crippen molar-refractivity contribution in [3.8, 4) is 0 Å². The van der Waals surface area contributed by atoms with Crippen LogP contribution in [0.25, 0.3) is 11.0 Å². The zero-order valence-corrected chi connectivity index (χ0v) is 12.2. The molecule has 21 heavy (non-hydrogen) atoms. The fraction of sp³-hybridized carbons (Fsp3) is 0.188. The first-order valence-corrected chi connectivity index (χ1v) is 6.85. The smallest absolute Gasteiger partial charge is 0.164 e. The van der Waals surface area contributed by atoms with Gasteiger partial charge in [0.1, 0.15) is 12.1 Å². The van der Waals surface area contributed by atoms with Crippen LogP contribution in [0, 0.1) is 0 Å². The average Bonchev–Trinajstić information content (AvgIpc) is 2.95. The average molecular weight is 299 g/mol. The van der Waals surface area contributed by atoms with Gasteiger partial charge >= 0.3 is 0 Å². The van der Waals surface area contributed by atoms with E-state index in [9.17, 15) is 0 Å². The van der Waals surface area contributed by atoms with Crippen LogP contribution in [-0.4, -0.2) is 15.0 Å². The molecule has 2 heterocycles. The summed E-state index contributed by atoms with van der Waals surface area (Å²) in [5.41, 5.74) is 4.72. The SMILES string of the molecule is Cl.c1cnc2ncnc(Nc3ccc4c(c3)CCC4)c2c1. The highest BCUT2D eigenvalue weighted by Crippen LogP contribution is 2.27. The third-order valence-electron chi connectivity index (χ3n) is 3.77. The van der Waals surface area contributed by atoms with E-state index in [1.807, 2.05) is 12.1 Å². The first-order valence-electron chi connectivity index (χ1n) is 6.85. The van der Waals surface area contributed by atoms with Gasteiger partial charge in [-0.3, -0.25) is 0 Å². The Hall–Kier alpha value is -2.20. The van der Waals surface area contributed by atoms with Crippen molar-refractivity contribution in [1.82, 2.24) is 15.0 Å². The quantitative estimate of drug-likeness (QED) is 0.784. The molecule has 1 N–H and O–H groups in total. The van der Waals surface area contributed by atoms with E-state index in [1.54, 1.807) is 12.5 Å². The Labute approximate surface area is 129 Å². The number of hydrogen-bond donors (Lipinski definition) is 1. The first-order chi connectivity index (χ1) is 9.90. The molecule has 0 saturated carbocycles. The third-order valence-corrected chi connectivity index (χ3v) is 3.77. The van der Waals surface area contributed by atoms with Gasteiger partial charge in [-0.15, -0.1) is 12.4 Å². The molecule has 0 radical (unpaired) electrons. The van der Waals surface area contributed by atoms with Crippen LogP contribution in [-0.2, 0) is 12.8 Å². The zero-order valence-electron chi connectivity index (χ0n) is 11.4. The van der Waals surface area contributed by atoms with Crippen LogP contribution in [0.5, 0.6) is 0 Å². The van der Waals surface area contributed by atoms with Gasteiger partial charge in [0.05, 0.1) is 5.39 Å². The van der Waals surface area contributed by atoms with Gasteiger partial charge in [-0.25, -0.2) is 15.0 Å². The van der Waals surface area contributed by atoms with Crippen molar-refractivity contribution in [2.75, 3.05) is 5.32 Å². The predicted molar refractivity (Wildman–Crippen MR) is 86.3 cm³/mol. The molecule has 0 bridgehead atoms. The van der Waals surface area contributed by atoms with Gasteiger partial charge in [0.15, 0.2) is 5.65 Å². The molecule has 1 aliphatic rings. The van der Waals surface area contributed by atoms with Crippen LogP contribution < -0.4 is 5.32 Å². The number of benzene rings is 1. The minimum atomic E-state index is 0. The lowest BCUT2D eigenvalue weighted by molar-refractivity contribution is 0.912. The topological polar surface area (TPSA) is 50.7 Å². The molecule has 0 spiro atoms. The molecule has 0 atom stereocenters. The van der Waals surface area contributed by atoms with Gasteiger partial charge in [-0.1, -0.05) is 6.07 Å². The summed E-state index contributed by atoms with van der Waals surface area (Å²) >= 11 is 0. The molecule has 2 aromatic heterocycles. The summed E-state index contributed by atoms with van der Waals surface area (Å²) in [6.07, 6.45) is 6.94. The Balaban J connectivity index is 0.00000132. The van der Waals surface area contributed by atoms with Crippen molar-refractivity contribution in [2.45, 2.75) is 19.3 Å². The Morgan fingerprint density at radius 2 is 1.86 bits per heavy atom. The van der Waals surface area contributed by atoms with E-state index >= 15 is 0 Å². The summed E-state index contributed by atoms with van der Waals surface area (Å²) in [4.78, 5) is 12.8. The lowest BCUT2D eigenvalue weighted by Gasteiger charge is -2.09. The molecule has 0 amide bonds. The van der Waals surface area contributed by atoms with Crippen LogP contribution in [0.3, 0.4) is 0 Å². The van der Waals surface area contributed by atoms with Gasteiger partial charge in [-0.05, 0) is 54.7 Å². The largest absolute Gasteiger partial charge is 0.340 e. The molecular weight excluding hydrogens is 284 g/mol. The summed E-state index contributed by atoms with van der Waals surface area (Å²) in [6, 6.07) is 10.4. The minimum absolute atomic E-state index is 0. The summed E-state index contributed by atoms with van der Waals surface area (Å²) in [5.74, 6) is 0.807. The summed E-state index contributed by atoms with van der Waals surface area (Å²) < 4.78 is 0. The highest BCUT2D eigenvalue weighted by molar-refractivity contribution is 5.88. The summed E-state index contributed by atoms with van der Waals surface area (Å²) in [7, 11) is 0. The van der Waals surface area contributed by atoms with Crippen LogP contribution in [0.2, 0.25) is 0 Å². The number of pyridine rings is 1. The number of fused-ring (bicyclic) bond motifs is 2. The Kier molecular flexibility index (Phi) is 3.71. The van der Waals surface area contributed by atoms with Crippen molar-refractivity contribution >= 4 is 34.9 Å². The Morgan fingerprint density at radius 3 is 2.81 bits per heavy atom. The number of aryl methyl sites for hydroxylation is 2. The lowest BCUT2D eigenvalue weighted by Crippen LogP contribution is -1.97. The molecular formula is C16H15ClN4. The summed E-state index contributed by atoms with van der Waals surface area (Å²) in [6.45, 7) is 0. The molecule has 0 unspecified atom stereocenters.